The number of aliphatic hydroxyl groups is 1. The molecule has 0 aliphatic carbocycles. The number of hydrogen-bond acceptors (Lipinski definition) is 6. The van der Waals surface area contributed by atoms with Gasteiger partial charge in [0, 0.05) is 0 Å². The number of nitrogens with two attached hydrogens (primary N) is 1. The lowest BCUT2D eigenvalue weighted by atomic mass is 10.3. The van der Waals surface area contributed by atoms with Crippen molar-refractivity contribution >= 4 is 11.6 Å². The van der Waals surface area contributed by atoms with Crippen LogP contribution in [0.5, 0.6) is 0 Å². The molecule has 0 saturated carbocycles. The number of rotatable bonds is 3. The van der Waals surface area contributed by atoms with Crippen molar-refractivity contribution in [2.75, 3.05) is 6.61 Å². The average Bonchev–Trinajstić information content (AvgIpc) is 2.84. The van der Waals surface area contributed by atoms with E-state index in [1.165, 1.54) is 0 Å². The number of halogens is 1. The summed E-state index contributed by atoms with van der Waals surface area (Å²) in [5, 5.41) is 12.6. The summed E-state index contributed by atoms with van der Waals surface area (Å²) in [6, 6.07) is 2.50. The van der Waals surface area contributed by atoms with Crippen LogP contribution in [-0.4, -0.2) is 21.9 Å². The van der Waals surface area contributed by atoms with E-state index < -0.39 is 6.04 Å². The molecule has 0 aliphatic rings. The Bertz CT molecular complexity index is 453. The van der Waals surface area contributed by atoms with Crippen molar-refractivity contribution in [3.8, 4) is 11.7 Å². The summed E-state index contributed by atoms with van der Waals surface area (Å²) in [6.07, 6.45) is 0. The third-order valence-corrected chi connectivity index (χ3v) is 1.96. The Hall–Kier alpha value is -1.37. The molecule has 2 rings (SSSR count). The van der Waals surface area contributed by atoms with E-state index in [9.17, 15) is 0 Å². The Morgan fingerprint density at radius 3 is 2.93 bits per heavy atom. The van der Waals surface area contributed by atoms with Crippen molar-refractivity contribution in [3.63, 3.8) is 0 Å². The first kappa shape index (κ1) is 10.2. The molecule has 0 aliphatic heterocycles. The minimum atomic E-state index is -0.659. The van der Waals surface area contributed by atoms with Gasteiger partial charge in [-0.15, -0.1) is 0 Å². The quantitative estimate of drug-likeness (QED) is 0.814. The third kappa shape index (κ3) is 2.01. The van der Waals surface area contributed by atoms with Gasteiger partial charge >= 0.3 is 0 Å². The van der Waals surface area contributed by atoms with Crippen LogP contribution in [-0.2, 0) is 0 Å². The van der Waals surface area contributed by atoms with E-state index in [0.29, 0.717) is 5.76 Å². The molecule has 0 amide bonds. The topological polar surface area (TPSA) is 98.3 Å². The number of aromatic nitrogens is 2. The fraction of sp³-hybridized carbons (Fsp3) is 0.250. The number of furan rings is 1. The van der Waals surface area contributed by atoms with Gasteiger partial charge in [-0.25, -0.2) is 0 Å². The third-order valence-electron chi connectivity index (χ3n) is 1.75. The van der Waals surface area contributed by atoms with Crippen molar-refractivity contribution in [3.05, 3.63) is 23.2 Å². The molecule has 2 aromatic rings. The molecule has 3 N–H and O–H groups in total. The van der Waals surface area contributed by atoms with Gasteiger partial charge in [0.05, 0.1) is 12.6 Å². The maximum Gasteiger partial charge on any atom is 0.293 e. The van der Waals surface area contributed by atoms with E-state index in [0.717, 1.165) is 0 Å². The second kappa shape index (κ2) is 4.01. The van der Waals surface area contributed by atoms with Crippen LogP contribution < -0.4 is 5.73 Å². The fourth-order valence-corrected chi connectivity index (χ4v) is 1.14. The maximum atomic E-state index is 8.78. The minimum Gasteiger partial charge on any atom is -0.440 e. The van der Waals surface area contributed by atoms with E-state index in [-0.39, 0.29) is 23.5 Å². The monoisotopic (exact) mass is 229 g/mol. The second-order valence-corrected chi connectivity index (χ2v) is 3.22. The zero-order chi connectivity index (χ0) is 10.8. The highest BCUT2D eigenvalue weighted by Gasteiger charge is 2.16. The van der Waals surface area contributed by atoms with Crippen LogP contribution in [0.15, 0.2) is 21.1 Å². The minimum absolute atomic E-state index is 0.181. The van der Waals surface area contributed by atoms with E-state index in [1.807, 2.05) is 0 Å². The zero-order valence-corrected chi connectivity index (χ0v) is 8.31. The zero-order valence-electron chi connectivity index (χ0n) is 7.55. The summed E-state index contributed by atoms with van der Waals surface area (Å²) in [6.45, 7) is -0.252. The summed E-state index contributed by atoms with van der Waals surface area (Å²) in [7, 11) is 0. The largest absolute Gasteiger partial charge is 0.440 e. The van der Waals surface area contributed by atoms with Crippen LogP contribution in [0.1, 0.15) is 11.9 Å². The Balaban J connectivity index is 2.27. The van der Waals surface area contributed by atoms with Crippen LogP contribution in [0.4, 0.5) is 0 Å². The lowest BCUT2D eigenvalue weighted by Gasteiger charge is -1.98. The van der Waals surface area contributed by atoms with E-state index in [2.05, 4.69) is 10.1 Å². The number of hydrogen-bond donors (Lipinski definition) is 2. The molecule has 1 unspecified atom stereocenters. The Kier molecular flexibility index (Phi) is 2.72. The lowest BCUT2D eigenvalue weighted by molar-refractivity contribution is 0.260. The summed E-state index contributed by atoms with van der Waals surface area (Å²) in [5.41, 5.74) is 5.50. The van der Waals surface area contributed by atoms with Gasteiger partial charge in [0.2, 0.25) is 0 Å². The maximum absolute atomic E-state index is 8.78. The van der Waals surface area contributed by atoms with Gasteiger partial charge < -0.3 is 19.8 Å². The molecule has 1 atom stereocenters. The van der Waals surface area contributed by atoms with Crippen LogP contribution in [0.25, 0.3) is 11.7 Å². The van der Waals surface area contributed by atoms with Crippen molar-refractivity contribution in [1.29, 1.82) is 0 Å². The first-order valence-corrected chi connectivity index (χ1v) is 4.54. The second-order valence-electron chi connectivity index (χ2n) is 2.85. The van der Waals surface area contributed by atoms with Gasteiger partial charge in [-0.3, -0.25) is 0 Å². The Morgan fingerprint density at radius 2 is 2.33 bits per heavy atom. The van der Waals surface area contributed by atoms with E-state index in [1.54, 1.807) is 12.1 Å². The fourth-order valence-electron chi connectivity index (χ4n) is 0.996. The Labute approximate surface area is 89.6 Å². The molecular weight excluding hydrogens is 222 g/mol. The standard InChI is InChI=1S/C8H8ClN3O3/c9-6-2-1-5(14-6)8-11-7(12-15-8)4(10)3-13/h1-2,4,13H,3,10H2. The normalized spacial score (nSPS) is 13.0. The van der Waals surface area contributed by atoms with Crippen LogP contribution in [0.3, 0.4) is 0 Å². The lowest BCUT2D eigenvalue weighted by Crippen LogP contribution is -2.15. The number of aliphatic hydroxyl groups excluding tert-OH is 1. The van der Waals surface area contributed by atoms with E-state index in [4.69, 9.17) is 31.4 Å². The van der Waals surface area contributed by atoms with Crippen LogP contribution in [0, 0.1) is 0 Å². The Morgan fingerprint density at radius 1 is 1.53 bits per heavy atom. The number of nitrogens with zero attached hydrogens (tertiary/aromatic N) is 2. The van der Waals surface area contributed by atoms with E-state index >= 15 is 0 Å². The molecular formula is C8H8ClN3O3. The average molecular weight is 230 g/mol. The molecule has 80 valence electrons. The van der Waals surface area contributed by atoms with Crippen LogP contribution in [0.2, 0.25) is 5.22 Å². The predicted molar refractivity (Wildman–Crippen MR) is 51.0 cm³/mol. The van der Waals surface area contributed by atoms with Crippen molar-refractivity contribution in [2.45, 2.75) is 6.04 Å². The molecule has 0 aromatic carbocycles. The summed E-state index contributed by atoms with van der Waals surface area (Å²) in [5.74, 6) is 0.768. The van der Waals surface area contributed by atoms with Gasteiger partial charge in [-0.1, -0.05) is 5.16 Å². The molecule has 0 spiro atoms. The molecule has 15 heavy (non-hydrogen) atoms. The van der Waals surface area contributed by atoms with Gasteiger partial charge in [0.15, 0.2) is 16.8 Å². The molecule has 0 bridgehead atoms. The van der Waals surface area contributed by atoms with Crippen molar-refractivity contribution < 1.29 is 14.0 Å². The molecule has 2 heterocycles. The summed E-state index contributed by atoms with van der Waals surface area (Å²) in [4.78, 5) is 3.95. The molecule has 6 nitrogen and oxygen atoms in total. The molecule has 2 aromatic heterocycles. The molecule has 0 radical (unpaired) electrons. The first-order valence-electron chi connectivity index (χ1n) is 4.16. The highest BCUT2D eigenvalue weighted by molar-refractivity contribution is 6.28. The van der Waals surface area contributed by atoms with Gasteiger partial charge in [0.25, 0.3) is 5.89 Å². The van der Waals surface area contributed by atoms with Crippen molar-refractivity contribution in [2.24, 2.45) is 5.73 Å². The molecule has 0 saturated heterocycles. The SMILES string of the molecule is NC(CO)c1noc(-c2ccc(Cl)o2)n1. The van der Waals surface area contributed by atoms with Gasteiger partial charge in [-0.2, -0.15) is 4.98 Å². The van der Waals surface area contributed by atoms with Gasteiger partial charge in [0.1, 0.15) is 0 Å². The van der Waals surface area contributed by atoms with Gasteiger partial charge in [-0.05, 0) is 23.7 Å². The predicted octanol–water partition coefficient (Wildman–Crippen LogP) is 0.975. The molecule has 7 heteroatoms. The summed E-state index contributed by atoms with van der Waals surface area (Å²) >= 11 is 5.59. The smallest absolute Gasteiger partial charge is 0.293 e. The highest BCUT2D eigenvalue weighted by Crippen LogP contribution is 2.23. The molecule has 0 fully saturated rings. The van der Waals surface area contributed by atoms with Crippen molar-refractivity contribution in [1.82, 2.24) is 10.1 Å². The summed E-state index contributed by atoms with van der Waals surface area (Å²) < 4.78 is 9.94. The first-order chi connectivity index (χ1) is 7.20. The van der Waals surface area contributed by atoms with Crippen LogP contribution >= 0.6 is 11.6 Å². The highest BCUT2D eigenvalue weighted by atomic mass is 35.5.